The molecule has 0 radical (unpaired) electrons. The smallest absolute Gasteiger partial charge is 0.230 e. The summed E-state index contributed by atoms with van der Waals surface area (Å²) in [5, 5.41) is 7.24. The van der Waals surface area contributed by atoms with E-state index in [0.717, 1.165) is 37.9 Å². The highest BCUT2D eigenvalue weighted by Gasteiger charge is 2.45. The van der Waals surface area contributed by atoms with Crippen LogP contribution in [0.25, 0.3) is 0 Å². The van der Waals surface area contributed by atoms with Gasteiger partial charge in [-0.15, -0.1) is 12.4 Å². The zero-order valence-electron chi connectivity index (χ0n) is 13.2. The van der Waals surface area contributed by atoms with E-state index in [4.69, 9.17) is 27.9 Å². The summed E-state index contributed by atoms with van der Waals surface area (Å²) in [5.74, 6) is 0.0747. The van der Waals surface area contributed by atoms with E-state index in [9.17, 15) is 4.79 Å². The van der Waals surface area contributed by atoms with Gasteiger partial charge in [0.05, 0.1) is 22.1 Å². The Balaban J connectivity index is 0.00000264. The van der Waals surface area contributed by atoms with Crippen molar-refractivity contribution < 1.29 is 9.53 Å². The summed E-state index contributed by atoms with van der Waals surface area (Å²) < 4.78 is 4.96. The van der Waals surface area contributed by atoms with Gasteiger partial charge in [-0.3, -0.25) is 4.79 Å². The van der Waals surface area contributed by atoms with Gasteiger partial charge < -0.3 is 15.4 Å². The third kappa shape index (κ3) is 4.97. The third-order valence-corrected chi connectivity index (χ3v) is 4.92. The van der Waals surface area contributed by atoms with Crippen LogP contribution in [0.3, 0.4) is 0 Å². The highest BCUT2D eigenvalue weighted by molar-refractivity contribution is 6.42. The molecule has 0 heterocycles. The summed E-state index contributed by atoms with van der Waals surface area (Å²) in [6.45, 7) is 2.78. The first kappa shape index (κ1) is 20.5. The van der Waals surface area contributed by atoms with E-state index in [1.165, 1.54) is 0 Å². The lowest BCUT2D eigenvalue weighted by Gasteiger charge is -2.41. The summed E-state index contributed by atoms with van der Waals surface area (Å²) in [6.07, 6.45) is 2.77. The molecule has 1 aliphatic carbocycles. The summed E-state index contributed by atoms with van der Waals surface area (Å²) >= 11 is 12.1. The zero-order chi connectivity index (χ0) is 16.0. The summed E-state index contributed by atoms with van der Waals surface area (Å²) in [4.78, 5) is 12.6. The Morgan fingerprint density at radius 1 is 1.22 bits per heavy atom. The molecular formula is C16H23Cl3N2O2. The zero-order valence-corrected chi connectivity index (χ0v) is 15.5. The van der Waals surface area contributed by atoms with Crippen LogP contribution in [0.5, 0.6) is 0 Å². The van der Waals surface area contributed by atoms with Crippen molar-refractivity contribution >= 4 is 41.5 Å². The van der Waals surface area contributed by atoms with Crippen LogP contribution in [-0.4, -0.2) is 39.3 Å². The molecule has 4 nitrogen and oxygen atoms in total. The summed E-state index contributed by atoms with van der Waals surface area (Å²) in [5.41, 5.74) is 0.513. The molecular weight excluding hydrogens is 359 g/mol. The van der Waals surface area contributed by atoms with Crippen LogP contribution in [0.4, 0.5) is 0 Å². The third-order valence-electron chi connectivity index (χ3n) is 4.18. The number of halogens is 3. The van der Waals surface area contributed by atoms with E-state index in [1.54, 1.807) is 13.2 Å². The van der Waals surface area contributed by atoms with Gasteiger partial charge in [0.15, 0.2) is 0 Å². The molecule has 0 unspecified atom stereocenters. The van der Waals surface area contributed by atoms with Crippen molar-refractivity contribution in [2.24, 2.45) is 0 Å². The van der Waals surface area contributed by atoms with Gasteiger partial charge in [-0.2, -0.15) is 0 Å². The first-order valence-electron chi connectivity index (χ1n) is 7.53. The minimum atomic E-state index is -0.444. The Hall–Kier alpha value is -0.520. The van der Waals surface area contributed by atoms with Gasteiger partial charge >= 0.3 is 0 Å². The number of benzene rings is 1. The van der Waals surface area contributed by atoms with Gasteiger partial charge in [-0.1, -0.05) is 35.7 Å². The molecule has 0 saturated heterocycles. The molecule has 7 heteroatoms. The van der Waals surface area contributed by atoms with Crippen molar-refractivity contribution in [3.8, 4) is 0 Å². The SMILES string of the molecule is COCCNCCNC(=O)C1(c2ccc(Cl)c(Cl)c2)CCC1.Cl. The molecule has 2 N–H and O–H groups in total. The number of rotatable bonds is 8. The molecule has 0 aliphatic heterocycles. The molecule has 0 aromatic heterocycles. The molecule has 1 fully saturated rings. The number of carbonyl (C=O) groups is 1. The van der Waals surface area contributed by atoms with Gasteiger partial charge in [-0.05, 0) is 30.5 Å². The Morgan fingerprint density at radius 3 is 2.52 bits per heavy atom. The number of methoxy groups -OCH3 is 1. The predicted molar refractivity (Wildman–Crippen MR) is 97.0 cm³/mol. The predicted octanol–water partition coefficient (Wildman–Crippen LogP) is 3.19. The molecule has 1 aromatic rings. The Kier molecular flexibility index (Phi) is 8.65. The van der Waals surface area contributed by atoms with E-state index in [2.05, 4.69) is 10.6 Å². The molecule has 2 rings (SSSR count). The van der Waals surface area contributed by atoms with E-state index < -0.39 is 5.41 Å². The van der Waals surface area contributed by atoms with Gasteiger partial charge in [0.25, 0.3) is 0 Å². The second-order valence-electron chi connectivity index (χ2n) is 5.56. The standard InChI is InChI=1S/C16H22Cl2N2O2.ClH/c1-22-10-9-19-7-8-20-15(21)16(5-2-6-16)12-3-4-13(17)14(18)11-12;/h3-4,11,19H,2,5-10H2,1H3,(H,20,21);1H. The quantitative estimate of drug-likeness (QED) is 0.680. The molecule has 23 heavy (non-hydrogen) atoms. The van der Waals surface area contributed by atoms with E-state index in [-0.39, 0.29) is 18.3 Å². The molecule has 0 spiro atoms. The van der Waals surface area contributed by atoms with Gasteiger partial charge in [-0.25, -0.2) is 0 Å². The second-order valence-corrected chi connectivity index (χ2v) is 6.38. The Labute approximate surface area is 153 Å². The summed E-state index contributed by atoms with van der Waals surface area (Å²) in [6, 6.07) is 5.49. The van der Waals surface area contributed by atoms with Crippen LogP contribution < -0.4 is 10.6 Å². The lowest BCUT2D eigenvalue weighted by Crippen LogP contribution is -2.50. The topological polar surface area (TPSA) is 50.4 Å². The lowest BCUT2D eigenvalue weighted by molar-refractivity contribution is -0.129. The molecule has 1 aliphatic rings. The molecule has 1 amide bonds. The fourth-order valence-corrected chi connectivity index (χ4v) is 3.00. The maximum absolute atomic E-state index is 12.6. The van der Waals surface area contributed by atoms with Crippen molar-refractivity contribution in [1.82, 2.24) is 10.6 Å². The highest BCUT2D eigenvalue weighted by atomic mass is 35.5. The van der Waals surface area contributed by atoms with Gasteiger partial charge in [0.1, 0.15) is 0 Å². The molecule has 1 saturated carbocycles. The van der Waals surface area contributed by atoms with Crippen molar-refractivity contribution in [2.45, 2.75) is 24.7 Å². The fraction of sp³-hybridized carbons (Fsp3) is 0.562. The van der Waals surface area contributed by atoms with Crippen molar-refractivity contribution in [1.29, 1.82) is 0 Å². The second kappa shape index (κ2) is 9.70. The molecule has 0 atom stereocenters. The lowest BCUT2D eigenvalue weighted by atomic mass is 9.64. The van der Waals surface area contributed by atoms with Crippen LogP contribution in [0, 0.1) is 0 Å². The van der Waals surface area contributed by atoms with Gasteiger partial charge in [0.2, 0.25) is 5.91 Å². The fourth-order valence-electron chi connectivity index (χ4n) is 2.70. The summed E-state index contributed by atoms with van der Waals surface area (Å²) in [7, 11) is 1.67. The number of hydrogen-bond acceptors (Lipinski definition) is 3. The van der Waals surface area contributed by atoms with Gasteiger partial charge in [0, 0.05) is 26.7 Å². The molecule has 1 aromatic carbocycles. The number of hydrogen-bond donors (Lipinski definition) is 2. The van der Waals surface area contributed by atoms with Crippen LogP contribution in [0.15, 0.2) is 18.2 Å². The van der Waals surface area contributed by atoms with E-state index >= 15 is 0 Å². The number of ether oxygens (including phenoxy) is 1. The first-order valence-corrected chi connectivity index (χ1v) is 8.29. The average Bonchev–Trinajstić information content (AvgIpc) is 2.45. The van der Waals surface area contributed by atoms with Crippen molar-refractivity contribution in [3.63, 3.8) is 0 Å². The molecule has 0 bridgehead atoms. The highest BCUT2D eigenvalue weighted by Crippen LogP contribution is 2.45. The molecule has 130 valence electrons. The minimum absolute atomic E-state index is 0. The van der Waals surface area contributed by atoms with E-state index in [0.29, 0.717) is 23.2 Å². The Bertz CT molecular complexity index is 522. The van der Waals surface area contributed by atoms with Crippen LogP contribution in [0.1, 0.15) is 24.8 Å². The maximum Gasteiger partial charge on any atom is 0.230 e. The van der Waals surface area contributed by atoms with Crippen LogP contribution in [-0.2, 0) is 14.9 Å². The van der Waals surface area contributed by atoms with Crippen molar-refractivity contribution in [2.75, 3.05) is 33.4 Å². The average molecular weight is 382 g/mol. The van der Waals surface area contributed by atoms with Crippen LogP contribution in [0.2, 0.25) is 10.0 Å². The number of amides is 1. The van der Waals surface area contributed by atoms with E-state index in [1.807, 2.05) is 12.1 Å². The number of carbonyl (C=O) groups excluding carboxylic acids is 1. The maximum atomic E-state index is 12.6. The first-order chi connectivity index (χ1) is 10.6. The number of nitrogens with one attached hydrogen (secondary N) is 2. The minimum Gasteiger partial charge on any atom is -0.383 e. The van der Waals surface area contributed by atoms with Crippen LogP contribution >= 0.6 is 35.6 Å². The monoisotopic (exact) mass is 380 g/mol. The normalized spacial score (nSPS) is 15.4. The Morgan fingerprint density at radius 2 is 1.96 bits per heavy atom. The van der Waals surface area contributed by atoms with Crippen molar-refractivity contribution in [3.05, 3.63) is 33.8 Å². The largest absolute Gasteiger partial charge is 0.383 e.